The number of carbonyl (C=O) groups excluding carboxylic acids is 1. The highest BCUT2D eigenvalue weighted by molar-refractivity contribution is 5.93. The van der Waals surface area contributed by atoms with Crippen LogP contribution in [0.4, 0.5) is 9.18 Å². The van der Waals surface area contributed by atoms with Gasteiger partial charge in [-0.05, 0) is 54.1 Å². The van der Waals surface area contributed by atoms with Gasteiger partial charge in [0.05, 0.1) is 22.2 Å². The Bertz CT molecular complexity index is 1330. The maximum Gasteiger partial charge on any atom is 0.416 e. The van der Waals surface area contributed by atoms with Crippen LogP contribution in [0.15, 0.2) is 77.9 Å². The molecule has 4 rings (SSSR count). The van der Waals surface area contributed by atoms with Crippen molar-refractivity contribution < 1.29 is 23.8 Å². The van der Waals surface area contributed by atoms with Crippen molar-refractivity contribution in [2.45, 2.75) is 0 Å². The lowest BCUT2D eigenvalue weighted by atomic mass is 10.1. The Morgan fingerprint density at radius 1 is 1.03 bits per heavy atom. The minimum absolute atomic E-state index is 0.0583. The third kappa shape index (κ3) is 3.42. The van der Waals surface area contributed by atoms with E-state index in [1.54, 1.807) is 12.1 Å². The molecule has 7 nitrogen and oxygen atoms in total. The second kappa shape index (κ2) is 7.59. The van der Waals surface area contributed by atoms with Crippen LogP contribution in [0.2, 0.25) is 0 Å². The molecule has 4 aromatic rings. The molecule has 148 valence electrons. The summed E-state index contributed by atoms with van der Waals surface area (Å²) in [6, 6.07) is 14.0. The van der Waals surface area contributed by atoms with Gasteiger partial charge in [-0.3, -0.25) is 9.78 Å². The van der Waals surface area contributed by atoms with E-state index in [-0.39, 0.29) is 27.9 Å². The number of pyridine rings is 2. The number of hydrogen-bond acceptors (Lipinski definition) is 5. The molecule has 0 radical (unpaired) electrons. The molecule has 0 amide bonds. The summed E-state index contributed by atoms with van der Waals surface area (Å²) in [6.07, 6.45) is 1.53. The van der Waals surface area contributed by atoms with Crippen molar-refractivity contribution in [1.29, 1.82) is 0 Å². The quantitative estimate of drug-likeness (QED) is 0.410. The average Bonchev–Trinajstić information content (AvgIpc) is 2.74. The van der Waals surface area contributed by atoms with E-state index in [1.807, 2.05) is 0 Å². The summed E-state index contributed by atoms with van der Waals surface area (Å²) < 4.78 is 20.2. The van der Waals surface area contributed by atoms with Crippen LogP contribution in [0.25, 0.3) is 22.2 Å². The molecular weight excluding hydrogens is 391 g/mol. The predicted octanol–water partition coefficient (Wildman–Crippen LogP) is 3.95. The van der Waals surface area contributed by atoms with Crippen LogP contribution in [-0.2, 0) is 0 Å². The molecule has 0 aliphatic carbocycles. The minimum atomic E-state index is -1.37. The molecule has 2 aromatic carbocycles. The van der Waals surface area contributed by atoms with Crippen molar-refractivity contribution in [1.82, 2.24) is 9.55 Å². The summed E-state index contributed by atoms with van der Waals surface area (Å²) in [4.78, 5) is 40.2. The number of fused-ring (bicyclic) bond motifs is 1. The number of halogens is 1. The van der Waals surface area contributed by atoms with Crippen molar-refractivity contribution in [3.8, 4) is 17.0 Å². The summed E-state index contributed by atoms with van der Waals surface area (Å²) in [5.41, 5.74) is 0.0233. The Morgan fingerprint density at radius 3 is 2.47 bits per heavy atom. The first-order chi connectivity index (χ1) is 14.5. The van der Waals surface area contributed by atoms with E-state index >= 15 is 0 Å². The lowest BCUT2D eigenvalue weighted by molar-refractivity contribution is 0.0734. The predicted molar refractivity (Wildman–Crippen MR) is 106 cm³/mol. The fraction of sp³-hybridized carbons (Fsp3) is 0. The molecule has 2 heterocycles. The molecule has 0 aliphatic heterocycles. The molecule has 8 heteroatoms. The molecule has 0 aliphatic rings. The first kappa shape index (κ1) is 19.0. The number of aromatic nitrogens is 2. The summed E-state index contributed by atoms with van der Waals surface area (Å²) in [5, 5.41) is 9.37. The van der Waals surface area contributed by atoms with Crippen LogP contribution in [0.1, 0.15) is 10.4 Å². The van der Waals surface area contributed by atoms with E-state index < -0.39 is 23.3 Å². The first-order valence-electron chi connectivity index (χ1n) is 8.76. The van der Waals surface area contributed by atoms with Gasteiger partial charge < -0.3 is 9.84 Å². The molecule has 0 saturated carbocycles. The van der Waals surface area contributed by atoms with E-state index in [0.717, 1.165) is 16.7 Å². The highest BCUT2D eigenvalue weighted by Crippen LogP contribution is 2.26. The van der Waals surface area contributed by atoms with Gasteiger partial charge in [0.15, 0.2) is 5.43 Å². The first-order valence-corrected chi connectivity index (χ1v) is 8.76. The van der Waals surface area contributed by atoms with Gasteiger partial charge in [0.2, 0.25) is 0 Å². The van der Waals surface area contributed by atoms with Gasteiger partial charge in [0.25, 0.3) is 0 Å². The molecule has 1 N–H and O–H groups in total. The van der Waals surface area contributed by atoms with E-state index in [0.29, 0.717) is 5.56 Å². The van der Waals surface area contributed by atoms with Crippen molar-refractivity contribution in [3.63, 3.8) is 0 Å². The van der Waals surface area contributed by atoms with Gasteiger partial charge in [-0.1, -0.05) is 6.07 Å². The van der Waals surface area contributed by atoms with Crippen LogP contribution < -0.4 is 10.2 Å². The highest BCUT2D eigenvalue weighted by atomic mass is 19.1. The third-order valence-corrected chi connectivity index (χ3v) is 4.44. The van der Waals surface area contributed by atoms with Crippen molar-refractivity contribution in [2.75, 3.05) is 0 Å². The normalized spacial score (nSPS) is 10.7. The van der Waals surface area contributed by atoms with Gasteiger partial charge in [-0.25, -0.2) is 18.5 Å². The summed E-state index contributed by atoms with van der Waals surface area (Å²) >= 11 is 0. The molecule has 0 saturated heterocycles. The Labute approximate surface area is 168 Å². The van der Waals surface area contributed by atoms with Crippen molar-refractivity contribution in [2.24, 2.45) is 0 Å². The number of hydrogen-bond donors (Lipinski definition) is 1. The molecule has 0 spiro atoms. The standard InChI is InChI=1S/C22H13FN2O5/c23-16-4-1-5-17-20(16)19(26)11-18(25(17)22(28)29)13-6-8-15(9-7-13)30-21(27)14-3-2-10-24-12-14/h1-12H,(H,28,29). The van der Waals surface area contributed by atoms with Crippen LogP contribution in [0, 0.1) is 5.82 Å². The SMILES string of the molecule is O=C(Oc1ccc(-c2cc(=O)c3c(F)cccc3n2C(=O)O)cc1)c1cccnc1. The third-order valence-electron chi connectivity index (χ3n) is 4.44. The topological polar surface area (TPSA) is 98.5 Å². The average molecular weight is 404 g/mol. The number of ether oxygens (including phenoxy) is 1. The lowest BCUT2D eigenvalue weighted by Crippen LogP contribution is -2.18. The van der Waals surface area contributed by atoms with Crippen LogP contribution in [0.3, 0.4) is 0 Å². The zero-order chi connectivity index (χ0) is 21.3. The van der Waals surface area contributed by atoms with E-state index in [9.17, 15) is 23.9 Å². The molecule has 0 fully saturated rings. The maximum atomic E-state index is 14.1. The Kier molecular flexibility index (Phi) is 4.81. The van der Waals surface area contributed by atoms with E-state index in [1.165, 1.54) is 48.8 Å². The van der Waals surface area contributed by atoms with E-state index in [4.69, 9.17) is 4.74 Å². The van der Waals surface area contributed by atoms with Gasteiger partial charge in [0, 0.05) is 18.5 Å². The summed E-state index contributed by atoms with van der Waals surface area (Å²) in [6.45, 7) is 0. The van der Waals surface area contributed by atoms with Gasteiger partial charge >= 0.3 is 12.1 Å². The number of benzene rings is 2. The van der Waals surface area contributed by atoms with E-state index in [2.05, 4.69) is 4.98 Å². The maximum absolute atomic E-state index is 14.1. The fourth-order valence-electron chi connectivity index (χ4n) is 3.10. The largest absolute Gasteiger partial charge is 0.464 e. The second-order valence-corrected chi connectivity index (χ2v) is 6.30. The monoisotopic (exact) mass is 404 g/mol. The van der Waals surface area contributed by atoms with Crippen LogP contribution >= 0.6 is 0 Å². The Morgan fingerprint density at radius 2 is 1.80 bits per heavy atom. The molecule has 30 heavy (non-hydrogen) atoms. The Hall–Kier alpha value is -4.33. The molecule has 0 unspecified atom stereocenters. The van der Waals surface area contributed by atoms with Crippen molar-refractivity contribution in [3.05, 3.63) is 94.7 Å². The molecule has 0 atom stereocenters. The number of esters is 1. The van der Waals surface area contributed by atoms with Crippen molar-refractivity contribution >= 4 is 23.0 Å². The fourth-order valence-corrected chi connectivity index (χ4v) is 3.10. The number of carbonyl (C=O) groups is 2. The smallest absolute Gasteiger partial charge is 0.416 e. The van der Waals surface area contributed by atoms with Gasteiger partial charge in [-0.2, -0.15) is 0 Å². The molecular formula is C22H13FN2O5. The molecule has 0 bridgehead atoms. The van der Waals surface area contributed by atoms with Gasteiger partial charge in [0.1, 0.15) is 11.6 Å². The Balaban J connectivity index is 1.74. The summed E-state index contributed by atoms with van der Waals surface area (Å²) in [5.74, 6) is -1.17. The highest BCUT2D eigenvalue weighted by Gasteiger charge is 2.18. The number of carboxylic acid groups (broad SMARTS) is 1. The summed E-state index contributed by atoms with van der Waals surface area (Å²) in [7, 11) is 0. The zero-order valence-corrected chi connectivity index (χ0v) is 15.3. The number of nitrogens with zero attached hydrogens (tertiary/aromatic N) is 2. The second-order valence-electron chi connectivity index (χ2n) is 6.30. The van der Waals surface area contributed by atoms with Crippen LogP contribution in [0.5, 0.6) is 5.75 Å². The minimum Gasteiger partial charge on any atom is -0.464 e. The zero-order valence-electron chi connectivity index (χ0n) is 15.3. The number of rotatable bonds is 3. The van der Waals surface area contributed by atoms with Gasteiger partial charge in [-0.15, -0.1) is 0 Å². The molecule has 2 aromatic heterocycles. The van der Waals surface area contributed by atoms with Crippen LogP contribution in [-0.4, -0.2) is 26.7 Å². The lowest BCUT2D eigenvalue weighted by Gasteiger charge is -2.13.